The summed E-state index contributed by atoms with van der Waals surface area (Å²) in [4.78, 5) is 11.8. The van der Waals surface area contributed by atoms with Crippen LogP contribution in [0.5, 0.6) is 5.75 Å². The van der Waals surface area contributed by atoms with Gasteiger partial charge in [0.15, 0.2) is 0 Å². The zero-order valence-corrected chi connectivity index (χ0v) is 9.81. The molecule has 0 atom stereocenters. The molecular formula is C14H15NO2. The van der Waals surface area contributed by atoms with Gasteiger partial charge in [-0.2, -0.15) is 0 Å². The van der Waals surface area contributed by atoms with E-state index in [1.807, 2.05) is 6.92 Å². The number of benzene rings is 1. The zero-order chi connectivity index (χ0) is 12.4. The van der Waals surface area contributed by atoms with Gasteiger partial charge in [-0.3, -0.25) is 4.79 Å². The Kier molecular flexibility index (Phi) is 3.00. The smallest absolute Gasteiger partial charge is 0.251 e. The normalized spacial score (nSPS) is 10.6. The van der Waals surface area contributed by atoms with Gasteiger partial charge in [-0.1, -0.05) is 5.57 Å². The topological polar surface area (TPSA) is 42.2 Å². The van der Waals surface area contributed by atoms with E-state index in [0.717, 1.165) is 22.9 Å². The van der Waals surface area contributed by atoms with Gasteiger partial charge in [0, 0.05) is 18.0 Å². The van der Waals surface area contributed by atoms with Gasteiger partial charge in [-0.15, -0.1) is 6.58 Å². The summed E-state index contributed by atoms with van der Waals surface area (Å²) in [6, 6.07) is 8.28. The van der Waals surface area contributed by atoms with Crippen molar-refractivity contribution in [2.45, 2.75) is 19.9 Å². The van der Waals surface area contributed by atoms with Crippen LogP contribution in [0, 0.1) is 0 Å². The maximum atomic E-state index is 11.8. The number of aromatic hydroxyl groups is 1. The Morgan fingerprint density at radius 3 is 2.82 bits per heavy atom. The first-order chi connectivity index (χ1) is 8.08. The van der Waals surface area contributed by atoms with Gasteiger partial charge in [0.05, 0.1) is 5.52 Å². The molecule has 1 heterocycles. The second kappa shape index (κ2) is 4.45. The Morgan fingerprint density at radius 1 is 1.35 bits per heavy atom. The fourth-order valence-electron chi connectivity index (χ4n) is 1.82. The first-order valence-electron chi connectivity index (χ1n) is 5.55. The van der Waals surface area contributed by atoms with E-state index >= 15 is 0 Å². The molecule has 0 saturated heterocycles. The van der Waals surface area contributed by atoms with Crippen molar-refractivity contribution in [2.24, 2.45) is 0 Å². The number of fused-ring (bicyclic) bond motifs is 1. The SMILES string of the molecule is C=C(C)CCn1c(=O)ccc2cc(O)ccc21. The maximum absolute atomic E-state index is 11.8. The van der Waals surface area contributed by atoms with E-state index in [9.17, 15) is 9.90 Å². The lowest BCUT2D eigenvalue weighted by molar-refractivity contribution is 0.476. The molecule has 0 amide bonds. The molecule has 0 spiro atoms. The van der Waals surface area contributed by atoms with Crippen molar-refractivity contribution in [2.75, 3.05) is 0 Å². The van der Waals surface area contributed by atoms with Crippen molar-refractivity contribution >= 4 is 10.9 Å². The largest absolute Gasteiger partial charge is 0.508 e. The standard InChI is InChI=1S/C14H15NO2/c1-10(2)7-8-15-13-5-4-12(16)9-11(13)3-6-14(15)17/h3-6,9,16H,1,7-8H2,2H3. The number of nitrogens with zero attached hydrogens (tertiary/aromatic N) is 1. The molecule has 1 aromatic carbocycles. The van der Waals surface area contributed by atoms with E-state index in [1.165, 1.54) is 6.07 Å². The molecule has 2 rings (SSSR count). The molecule has 0 fully saturated rings. The Hall–Kier alpha value is -2.03. The first kappa shape index (κ1) is 11.5. The maximum Gasteiger partial charge on any atom is 0.251 e. The number of phenolic OH excluding ortho intramolecular Hbond substituents is 1. The van der Waals surface area contributed by atoms with Crippen molar-refractivity contribution in [1.82, 2.24) is 4.57 Å². The number of aryl methyl sites for hydroxylation is 1. The minimum Gasteiger partial charge on any atom is -0.508 e. The Bertz CT molecular complexity index is 626. The van der Waals surface area contributed by atoms with Crippen LogP contribution < -0.4 is 5.56 Å². The number of aromatic nitrogens is 1. The molecule has 0 aliphatic carbocycles. The summed E-state index contributed by atoms with van der Waals surface area (Å²) in [5.74, 6) is 0.211. The quantitative estimate of drug-likeness (QED) is 0.822. The fourth-order valence-corrected chi connectivity index (χ4v) is 1.82. The molecule has 1 N–H and O–H groups in total. The Labute approximate surface area is 99.6 Å². The first-order valence-corrected chi connectivity index (χ1v) is 5.55. The molecule has 0 aliphatic rings. The predicted octanol–water partition coefficient (Wildman–Crippen LogP) is 2.67. The molecule has 88 valence electrons. The zero-order valence-electron chi connectivity index (χ0n) is 9.81. The van der Waals surface area contributed by atoms with Crippen LogP contribution in [-0.2, 0) is 6.54 Å². The molecule has 3 heteroatoms. The lowest BCUT2D eigenvalue weighted by atomic mass is 10.2. The van der Waals surface area contributed by atoms with E-state index in [4.69, 9.17) is 0 Å². The number of rotatable bonds is 3. The van der Waals surface area contributed by atoms with Crippen LogP contribution in [0.1, 0.15) is 13.3 Å². The molecule has 2 aromatic rings. The van der Waals surface area contributed by atoms with Gasteiger partial charge in [0.25, 0.3) is 5.56 Å². The van der Waals surface area contributed by atoms with Gasteiger partial charge in [0.2, 0.25) is 0 Å². The molecule has 0 unspecified atom stereocenters. The molecule has 0 radical (unpaired) electrons. The van der Waals surface area contributed by atoms with E-state index in [-0.39, 0.29) is 11.3 Å². The van der Waals surface area contributed by atoms with Crippen LogP contribution in [0.15, 0.2) is 47.3 Å². The number of allylic oxidation sites excluding steroid dienone is 1. The summed E-state index contributed by atoms with van der Waals surface area (Å²) >= 11 is 0. The minimum absolute atomic E-state index is 0.0237. The van der Waals surface area contributed by atoms with Crippen LogP contribution in [0.3, 0.4) is 0 Å². The molecule has 0 saturated carbocycles. The third-order valence-corrected chi connectivity index (χ3v) is 2.74. The van der Waals surface area contributed by atoms with Crippen LogP contribution in [0.25, 0.3) is 10.9 Å². The van der Waals surface area contributed by atoms with Gasteiger partial charge < -0.3 is 9.67 Å². The third-order valence-electron chi connectivity index (χ3n) is 2.74. The minimum atomic E-state index is -0.0237. The van der Waals surface area contributed by atoms with Crippen molar-refractivity contribution in [3.63, 3.8) is 0 Å². The highest BCUT2D eigenvalue weighted by Crippen LogP contribution is 2.18. The summed E-state index contributed by atoms with van der Waals surface area (Å²) in [5.41, 5.74) is 1.87. The average molecular weight is 229 g/mol. The van der Waals surface area contributed by atoms with Crippen LogP contribution in [-0.4, -0.2) is 9.67 Å². The summed E-state index contributed by atoms with van der Waals surface area (Å²) in [6.07, 6.45) is 0.778. The number of phenols is 1. The number of pyridine rings is 1. The van der Waals surface area contributed by atoms with Gasteiger partial charge in [-0.25, -0.2) is 0 Å². The average Bonchev–Trinajstić information content (AvgIpc) is 2.27. The van der Waals surface area contributed by atoms with Crippen molar-refractivity contribution in [3.8, 4) is 5.75 Å². The highest BCUT2D eigenvalue weighted by molar-refractivity contribution is 5.80. The lowest BCUT2D eigenvalue weighted by Crippen LogP contribution is -2.19. The highest BCUT2D eigenvalue weighted by atomic mass is 16.3. The lowest BCUT2D eigenvalue weighted by Gasteiger charge is -2.10. The molecule has 0 bridgehead atoms. The van der Waals surface area contributed by atoms with Crippen molar-refractivity contribution in [1.29, 1.82) is 0 Å². The summed E-state index contributed by atoms with van der Waals surface area (Å²) in [6.45, 7) is 6.41. The Balaban J connectivity index is 2.55. The molecule has 1 aromatic heterocycles. The van der Waals surface area contributed by atoms with Crippen LogP contribution >= 0.6 is 0 Å². The molecular weight excluding hydrogens is 214 g/mol. The van der Waals surface area contributed by atoms with Crippen molar-refractivity contribution in [3.05, 3.63) is 52.8 Å². The fraction of sp³-hybridized carbons (Fsp3) is 0.214. The summed E-state index contributed by atoms with van der Waals surface area (Å²) in [7, 11) is 0. The van der Waals surface area contributed by atoms with Crippen LogP contribution in [0.4, 0.5) is 0 Å². The van der Waals surface area contributed by atoms with Crippen LogP contribution in [0.2, 0.25) is 0 Å². The van der Waals surface area contributed by atoms with Gasteiger partial charge in [-0.05, 0) is 37.6 Å². The Morgan fingerprint density at radius 2 is 2.12 bits per heavy atom. The highest BCUT2D eigenvalue weighted by Gasteiger charge is 2.03. The predicted molar refractivity (Wildman–Crippen MR) is 69.3 cm³/mol. The molecule has 0 aliphatic heterocycles. The number of hydrogen-bond acceptors (Lipinski definition) is 2. The summed E-state index contributed by atoms with van der Waals surface area (Å²) in [5, 5.41) is 10.3. The van der Waals surface area contributed by atoms with E-state index in [1.54, 1.807) is 28.8 Å². The van der Waals surface area contributed by atoms with E-state index < -0.39 is 0 Å². The van der Waals surface area contributed by atoms with E-state index in [0.29, 0.717) is 6.54 Å². The third kappa shape index (κ3) is 2.38. The second-order valence-corrected chi connectivity index (χ2v) is 4.27. The van der Waals surface area contributed by atoms with Crippen molar-refractivity contribution < 1.29 is 5.11 Å². The van der Waals surface area contributed by atoms with Gasteiger partial charge >= 0.3 is 0 Å². The monoisotopic (exact) mass is 229 g/mol. The second-order valence-electron chi connectivity index (χ2n) is 4.27. The molecule has 3 nitrogen and oxygen atoms in total. The number of hydrogen-bond donors (Lipinski definition) is 1. The van der Waals surface area contributed by atoms with E-state index in [2.05, 4.69) is 6.58 Å². The summed E-state index contributed by atoms with van der Waals surface area (Å²) < 4.78 is 1.71. The van der Waals surface area contributed by atoms with Gasteiger partial charge in [0.1, 0.15) is 5.75 Å². The molecule has 17 heavy (non-hydrogen) atoms.